The molecule has 0 spiro atoms. The first kappa shape index (κ1) is 13.3. The molecule has 17 heavy (non-hydrogen) atoms. The SMILES string of the molecule is CC(C)OCCCNC1CCc2sc(Cl)cc21. The molecule has 0 aromatic carbocycles. The Morgan fingerprint density at radius 2 is 2.41 bits per heavy atom. The van der Waals surface area contributed by atoms with Crippen molar-refractivity contribution in [3.8, 4) is 0 Å². The van der Waals surface area contributed by atoms with Crippen LogP contribution in [0.3, 0.4) is 0 Å². The molecule has 0 saturated carbocycles. The van der Waals surface area contributed by atoms with Crippen LogP contribution in [-0.4, -0.2) is 19.3 Å². The number of rotatable bonds is 6. The van der Waals surface area contributed by atoms with E-state index in [2.05, 4.69) is 25.2 Å². The van der Waals surface area contributed by atoms with Crippen molar-refractivity contribution >= 4 is 22.9 Å². The molecule has 1 unspecified atom stereocenters. The van der Waals surface area contributed by atoms with E-state index in [0.29, 0.717) is 12.1 Å². The standard InChI is InChI=1S/C13H20ClNOS/c1-9(2)16-7-3-6-15-11-4-5-12-10(11)8-13(14)17-12/h8-9,11,15H,3-7H2,1-2H3. The summed E-state index contributed by atoms with van der Waals surface area (Å²) < 4.78 is 6.44. The van der Waals surface area contributed by atoms with Crippen LogP contribution in [0, 0.1) is 0 Å². The van der Waals surface area contributed by atoms with Gasteiger partial charge in [-0.05, 0) is 51.3 Å². The van der Waals surface area contributed by atoms with E-state index in [9.17, 15) is 0 Å². The molecule has 4 heteroatoms. The van der Waals surface area contributed by atoms with Gasteiger partial charge >= 0.3 is 0 Å². The van der Waals surface area contributed by atoms with Gasteiger partial charge in [0, 0.05) is 17.5 Å². The van der Waals surface area contributed by atoms with Gasteiger partial charge in [-0.2, -0.15) is 0 Å². The predicted octanol–water partition coefficient (Wildman–Crippen LogP) is 3.79. The van der Waals surface area contributed by atoms with Crippen LogP contribution in [0.5, 0.6) is 0 Å². The van der Waals surface area contributed by atoms with Crippen molar-refractivity contribution in [3.05, 3.63) is 20.8 Å². The lowest BCUT2D eigenvalue weighted by Crippen LogP contribution is -2.21. The fraction of sp³-hybridized carbons (Fsp3) is 0.692. The molecular formula is C13H20ClNOS. The van der Waals surface area contributed by atoms with Crippen LogP contribution in [0.4, 0.5) is 0 Å². The Morgan fingerprint density at radius 1 is 1.59 bits per heavy atom. The van der Waals surface area contributed by atoms with Gasteiger partial charge in [-0.1, -0.05) is 11.6 Å². The molecule has 0 radical (unpaired) electrons. The summed E-state index contributed by atoms with van der Waals surface area (Å²) in [7, 11) is 0. The molecular weight excluding hydrogens is 254 g/mol. The maximum absolute atomic E-state index is 6.03. The van der Waals surface area contributed by atoms with Gasteiger partial charge in [-0.25, -0.2) is 0 Å². The second-order valence-electron chi connectivity index (χ2n) is 4.75. The summed E-state index contributed by atoms with van der Waals surface area (Å²) in [5, 5.41) is 3.59. The Morgan fingerprint density at radius 3 is 3.18 bits per heavy atom. The number of fused-ring (bicyclic) bond motifs is 1. The van der Waals surface area contributed by atoms with Crippen LogP contribution in [0.15, 0.2) is 6.07 Å². The molecule has 0 aliphatic heterocycles. The molecule has 0 bridgehead atoms. The van der Waals surface area contributed by atoms with Gasteiger partial charge in [-0.3, -0.25) is 0 Å². The van der Waals surface area contributed by atoms with Gasteiger partial charge in [0.2, 0.25) is 0 Å². The number of hydrogen-bond acceptors (Lipinski definition) is 3. The molecule has 1 atom stereocenters. The first-order valence-corrected chi connectivity index (χ1v) is 7.49. The number of thiophene rings is 1. The highest BCUT2D eigenvalue weighted by Crippen LogP contribution is 2.39. The smallest absolute Gasteiger partial charge is 0.0934 e. The predicted molar refractivity (Wildman–Crippen MR) is 74.1 cm³/mol. The quantitative estimate of drug-likeness (QED) is 0.796. The summed E-state index contributed by atoms with van der Waals surface area (Å²) >= 11 is 7.76. The van der Waals surface area contributed by atoms with Gasteiger partial charge in [-0.15, -0.1) is 11.3 Å². The van der Waals surface area contributed by atoms with Crippen molar-refractivity contribution in [2.45, 2.75) is 45.3 Å². The molecule has 1 N–H and O–H groups in total. The van der Waals surface area contributed by atoms with Crippen LogP contribution in [0.2, 0.25) is 4.34 Å². The van der Waals surface area contributed by atoms with Gasteiger partial charge in [0.25, 0.3) is 0 Å². The summed E-state index contributed by atoms with van der Waals surface area (Å²) in [6, 6.07) is 2.63. The molecule has 2 rings (SSSR count). The molecule has 0 fully saturated rings. The van der Waals surface area contributed by atoms with E-state index in [0.717, 1.165) is 23.9 Å². The Labute approximate surface area is 112 Å². The second kappa shape index (κ2) is 6.19. The Hall–Kier alpha value is -0.0900. The summed E-state index contributed by atoms with van der Waals surface area (Å²) in [5.41, 5.74) is 1.42. The first-order chi connectivity index (χ1) is 8.16. The zero-order valence-electron chi connectivity index (χ0n) is 10.5. The number of hydrogen-bond donors (Lipinski definition) is 1. The van der Waals surface area contributed by atoms with E-state index in [1.54, 1.807) is 11.3 Å². The highest BCUT2D eigenvalue weighted by Gasteiger charge is 2.24. The average Bonchev–Trinajstić information content (AvgIpc) is 2.77. The number of ether oxygens (including phenoxy) is 1. The lowest BCUT2D eigenvalue weighted by molar-refractivity contribution is 0.0767. The monoisotopic (exact) mass is 273 g/mol. The highest BCUT2D eigenvalue weighted by molar-refractivity contribution is 7.16. The summed E-state index contributed by atoms with van der Waals surface area (Å²) in [4.78, 5) is 1.46. The highest BCUT2D eigenvalue weighted by atomic mass is 35.5. The Bertz CT molecular complexity index is 364. The molecule has 1 aliphatic rings. The van der Waals surface area contributed by atoms with Gasteiger partial charge in [0.15, 0.2) is 0 Å². The zero-order valence-corrected chi connectivity index (χ0v) is 12.0. The topological polar surface area (TPSA) is 21.3 Å². The van der Waals surface area contributed by atoms with E-state index in [1.807, 2.05) is 0 Å². The summed E-state index contributed by atoms with van der Waals surface area (Å²) in [6.07, 6.45) is 3.79. The summed E-state index contributed by atoms with van der Waals surface area (Å²) in [5.74, 6) is 0. The van der Waals surface area contributed by atoms with Crippen molar-refractivity contribution in [2.75, 3.05) is 13.2 Å². The zero-order chi connectivity index (χ0) is 12.3. The molecule has 1 aromatic heterocycles. The van der Waals surface area contributed by atoms with Crippen molar-refractivity contribution < 1.29 is 4.74 Å². The largest absolute Gasteiger partial charge is 0.379 e. The third-order valence-electron chi connectivity index (χ3n) is 3.01. The molecule has 96 valence electrons. The number of nitrogens with one attached hydrogen (secondary N) is 1. The fourth-order valence-electron chi connectivity index (χ4n) is 2.21. The van der Waals surface area contributed by atoms with Crippen LogP contribution in [-0.2, 0) is 11.2 Å². The minimum absolute atomic E-state index is 0.337. The van der Waals surface area contributed by atoms with Crippen molar-refractivity contribution in [2.24, 2.45) is 0 Å². The Balaban J connectivity index is 1.71. The number of aryl methyl sites for hydroxylation is 1. The maximum atomic E-state index is 6.03. The molecule has 2 nitrogen and oxygen atoms in total. The van der Waals surface area contributed by atoms with Crippen LogP contribution in [0.1, 0.15) is 43.2 Å². The van der Waals surface area contributed by atoms with Crippen molar-refractivity contribution in [3.63, 3.8) is 0 Å². The molecule has 0 amide bonds. The molecule has 1 heterocycles. The van der Waals surface area contributed by atoms with E-state index in [-0.39, 0.29) is 0 Å². The van der Waals surface area contributed by atoms with E-state index < -0.39 is 0 Å². The molecule has 0 saturated heterocycles. The van der Waals surface area contributed by atoms with E-state index in [1.165, 1.54) is 23.3 Å². The number of halogens is 1. The minimum atomic E-state index is 0.337. The average molecular weight is 274 g/mol. The van der Waals surface area contributed by atoms with Crippen molar-refractivity contribution in [1.29, 1.82) is 0 Å². The van der Waals surface area contributed by atoms with Crippen LogP contribution < -0.4 is 5.32 Å². The lowest BCUT2D eigenvalue weighted by Gasteiger charge is -2.13. The second-order valence-corrected chi connectivity index (χ2v) is 6.52. The Kier molecular flexibility index (Phi) is 4.86. The first-order valence-electron chi connectivity index (χ1n) is 6.30. The fourth-order valence-corrected chi connectivity index (χ4v) is 3.57. The van der Waals surface area contributed by atoms with Crippen LogP contribution in [0.25, 0.3) is 0 Å². The third kappa shape index (κ3) is 3.68. The van der Waals surface area contributed by atoms with Gasteiger partial charge < -0.3 is 10.1 Å². The van der Waals surface area contributed by atoms with Gasteiger partial charge in [0.05, 0.1) is 10.4 Å². The van der Waals surface area contributed by atoms with Gasteiger partial charge in [0.1, 0.15) is 0 Å². The third-order valence-corrected chi connectivity index (χ3v) is 4.35. The molecule has 1 aliphatic carbocycles. The van der Waals surface area contributed by atoms with E-state index in [4.69, 9.17) is 16.3 Å². The maximum Gasteiger partial charge on any atom is 0.0934 e. The van der Waals surface area contributed by atoms with Crippen LogP contribution >= 0.6 is 22.9 Å². The normalized spacial score (nSPS) is 18.9. The van der Waals surface area contributed by atoms with Crippen molar-refractivity contribution in [1.82, 2.24) is 5.32 Å². The lowest BCUT2D eigenvalue weighted by atomic mass is 10.2. The van der Waals surface area contributed by atoms with E-state index >= 15 is 0 Å². The molecule has 1 aromatic rings. The summed E-state index contributed by atoms with van der Waals surface area (Å²) in [6.45, 7) is 6.01. The minimum Gasteiger partial charge on any atom is -0.379 e.